The van der Waals surface area contributed by atoms with Gasteiger partial charge in [-0.2, -0.15) is 0 Å². The van der Waals surface area contributed by atoms with Crippen LogP contribution in [0.5, 0.6) is 0 Å². The summed E-state index contributed by atoms with van der Waals surface area (Å²) in [5, 5.41) is 4.34. The molecular formula is C20H26N2O2. The van der Waals surface area contributed by atoms with Crippen molar-refractivity contribution in [2.75, 3.05) is 6.61 Å². The number of aromatic nitrogens is 1. The first-order valence-electron chi connectivity index (χ1n) is 8.79. The fourth-order valence-corrected chi connectivity index (χ4v) is 3.80. The van der Waals surface area contributed by atoms with Crippen LogP contribution < -0.4 is 0 Å². The molecule has 1 heterocycles. The van der Waals surface area contributed by atoms with Crippen LogP contribution in [-0.2, 0) is 17.7 Å². The predicted octanol–water partition coefficient (Wildman–Crippen LogP) is 4.63. The molecule has 1 atom stereocenters. The first-order valence-corrected chi connectivity index (χ1v) is 8.79. The molecule has 1 aromatic heterocycles. The van der Waals surface area contributed by atoms with E-state index in [1.54, 1.807) is 0 Å². The molecule has 0 saturated heterocycles. The minimum absolute atomic E-state index is 0.356. The Morgan fingerprint density at radius 1 is 1.17 bits per heavy atom. The molecule has 0 radical (unpaired) electrons. The van der Waals surface area contributed by atoms with Gasteiger partial charge in [-0.1, -0.05) is 29.8 Å². The van der Waals surface area contributed by atoms with Gasteiger partial charge in [0.05, 0.1) is 0 Å². The van der Waals surface area contributed by atoms with Crippen LogP contribution in [0.1, 0.15) is 65.8 Å². The zero-order chi connectivity index (χ0) is 17.3. The van der Waals surface area contributed by atoms with Gasteiger partial charge in [0.1, 0.15) is 23.8 Å². The summed E-state index contributed by atoms with van der Waals surface area (Å²) in [5.41, 5.74) is 7.19. The van der Waals surface area contributed by atoms with Crippen LogP contribution in [0.15, 0.2) is 21.7 Å². The van der Waals surface area contributed by atoms with Crippen molar-refractivity contribution >= 4 is 5.71 Å². The largest absolute Gasteiger partial charge is 0.445 e. The standard InChI is InChI=1S/C20H26N2O2/c1-6-18-21-20-16(22-23-7-2)10-15(11-17(20)24-18)19-13(4)8-12(3)9-14(19)5/h8-9,15H,6-7,10-11H2,1-5H3. The topological polar surface area (TPSA) is 47.6 Å². The van der Waals surface area contributed by atoms with E-state index < -0.39 is 0 Å². The number of oxazole rings is 1. The normalized spacial score (nSPS) is 18.7. The molecule has 0 saturated carbocycles. The van der Waals surface area contributed by atoms with Gasteiger partial charge in [0, 0.05) is 19.3 Å². The lowest BCUT2D eigenvalue weighted by atomic mass is 9.80. The molecule has 0 amide bonds. The summed E-state index contributed by atoms with van der Waals surface area (Å²) in [6.07, 6.45) is 2.51. The van der Waals surface area contributed by atoms with Gasteiger partial charge in [-0.05, 0) is 50.3 Å². The van der Waals surface area contributed by atoms with Crippen LogP contribution in [0.4, 0.5) is 0 Å². The molecule has 4 nitrogen and oxygen atoms in total. The first-order chi connectivity index (χ1) is 11.5. The van der Waals surface area contributed by atoms with Gasteiger partial charge >= 0.3 is 0 Å². The highest BCUT2D eigenvalue weighted by Gasteiger charge is 2.31. The van der Waals surface area contributed by atoms with Crippen LogP contribution in [-0.4, -0.2) is 17.3 Å². The van der Waals surface area contributed by atoms with Gasteiger partial charge in [0.15, 0.2) is 5.89 Å². The Morgan fingerprint density at radius 2 is 1.88 bits per heavy atom. The highest BCUT2D eigenvalue weighted by Crippen LogP contribution is 2.37. The van der Waals surface area contributed by atoms with Crippen molar-refractivity contribution in [3.63, 3.8) is 0 Å². The smallest absolute Gasteiger partial charge is 0.194 e. The highest BCUT2D eigenvalue weighted by molar-refractivity contribution is 6.01. The van der Waals surface area contributed by atoms with E-state index >= 15 is 0 Å². The minimum Gasteiger partial charge on any atom is -0.445 e. The molecule has 2 aromatic rings. The molecule has 128 valence electrons. The average Bonchev–Trinajstić information content (AvgIpc) is 2.95. The van der Waals surface area contributed by atoms with E-state index in [4.69, 9.17) is 9.25 Å². The summed E-state index contributed by atoms with van der Waals surface area (Å²) in [6, 6.07) is 4.52. The van der Waals surface area contributed by atoms with Gasteiger partial charge in [-0.25, -0.2) is 4.98 Å². The lowest BCUT2D eigenvalue weighted by Gasteiger charge is -2.25. The second kappa shape index (κ2) is 6.80. The van der Waals surface area contributed by atoms with Crippen molar-refractivity contribution in [2.45, 2.75) is 59.8 Å². The van der Waals surface area contributed by atoms with E-state index in [9.17, 15) is 0 Å². The summed E-state index contributed by atoms with van der Waals surface area (Å²) >= 11 is 0. The second-order valence-electron chi connectivity index (χ2n) is 6.61. The van der Waals surface area contributed by atoms with Crippen LogP contribution in [0, 0.1) is 20.8 Å². The number of hydrogen-bond acceptors (Lipinski definition) is 4. The molecule has 0 spiro atoms. The fraction of sp³-hybridized carbons (Fsp3) is 0.500. The third-order valence-electron chi connectivity index (χ3n) is 4.64. The summed E-state index contributed by atoms with van der Waals surface area (Å²) in [4.78, 5) is 9.96. The van der Waals surface area contributed by atoms with E-state index in [0.29, 0.717) is 12.5 Å². The third-order valence-corrected chi connectivity index (χ3v) is 4.64. The number of nitrogens with zero attached hydrogens (tertiary/aromatic N) is 2. The number of benzene rings is 1. The minimum atomic E-state index is 0.356. The van der Waals surface area contributed by atoms with Crippen molar-refractivity contribution in [2.24, 2.45) is 5.16 Å². The number of oxime groups is 1. The van der Waals surface area contributed by atoms with Gasteiger partial charge < -0.3 is 9.25 Å². The maximum Gasteiger partial charge on any atom is 0.194 e. The molecule has 0 fully saturated rings. The number of aryl methyl sites for hydroxylation is 4. The summed E-state index contributed by atoms with van der Waals surface area (Å²) in [7, 11) is 0. The van der Waals surface area contributed by atoms with Crippen molar-refractivity contribution < 1.29 is 9.25 Å². The zero-order valence-corrected chi connectivity index (χ0v) is 15.3. The third kappa shape index (κ3) is 3.10. The maximum absolute atomic E-state index is 5.97. The summed E-state index contributed by atoms with van der Waals surface area (Å²) < 4.78 is 5.97. The Morgan fingerprint density at radius 3 is 2.50 bits per heavy atom. The SMILES string of the molecule is CCON=C1CC(c2c(C)cc(C)cc2C)Cc2oc(CC)nc21. The number of rotatable bonds is 4. The van der Waals surface area contributed by atoms with Gasteiger partial charge in [0.25, 0.3) is 0 Å². The lowest BCUT2D eigenvalue weighted by Crippen LogP contribution is -2.21. The summed E-state index contributed by atoms with van der Waals surface area (Å²) in [6.45, 7) is 11.1. The van der Waals surface area contributed by atoms with E-state index in [-0.39, 0.29) is 0 Å². The van der Waals surface area contributed by atoms with Gasteiger partial charge in [0.2, 0.25) is 0 Å². The van der Waals surface area contributed by atoms with Gasteiger partial charge in [-0.3, -0.25) is 0 Å². The molecule has 1 aliphatic rings. The molecule has 1 aliphatic carbocycles. The van der Waals surface area contributed by atoms with Crippen LogP contribution >= 0.6 is 0 Å². The van der Waals surface area contributed by atoms with E-state index in [2.05, 4.69) is 50.0 Å². The maximum atomic E-state index is 5.97. The van der Waals surface area contributed by atoms with E-state index in [1.807, 2.05) is 6.92 Å². The Balaban J connectivity index is 2.03. The molecule has 1 unspecified atom stereocenters. The first kappa shape index (κ1) is 16.7. The molecule has 3 rings (SSSR count). The molecule has 0 aliphatic heterocycles. The summed E-state index contributed by atoms with van der Waals surface area (Å²) in [5.74, 6) is 2.08. The van der Waals surface area contributed by atoms with Gasteiger partial charge in [-0.15, -0.1) is 0 Å². The van der Waals surface area contributed by atoms with E-state index in [1.165, 1.54) is 22.3 Å². The van der Waals surface area contributed by atoms with Crippen LogP contribution in [0.2, 0.25) is 0 Å². The van der Waals surface area contributed by atoms with Crippen molar-refractivity contribution in [3.8, 4) is 0 Å². The predicted molar refractivity (Wildman–Crippen MR) is 95.8 cm³/mol. The fourth-order valence-electron chi connectivity index (χ4n) is 3.80. The van der Waals surface area contributed by atoms with Crippen LogP contribution in [0.3, 0.4) is 0 Å². The molecule has 0 N–H and O–H groups in total. The Hall–Kier alpha value is -2.10. The lowest BCUT2D eigenvalue weighted by molar-refractivity contribution is 0.158. The molecular weight excluding hydrogens is 300 g/mol. The number of hydrogen-bond donors (Lipinski definition) is 0. The van der Waals surface area contributed by atoms with Crippen molar-refractivity contribution in [3.05, 3.63) is 51.7 Å². The second-order valence-corrected chi connectivity index (χ2v) is 6.61. The van der Waals surface area contributed by atoms with Crippen molar-refractivity contribution in [1.29, 1.82) is 0 Å². The van der Waals surface area contributed by atoms with Crippen molar-refractivity contribution in [1.82, 2.24) is 4.98 Å². The van der Waals surface area contributed by atoms with Crippen LogP contribution in [0.25, 0.3) is 0 Å². The van der Waals surface area contributed by atoms with E-state index in [0.717, 1.165) is 42.3 Å². The molecule has 1 aromatic carbocycles. The average molecular weight is 326 g/mol. The monoisotopic (exact) mass is 326 g/mol. The Bertz CT molecular complexity index is 751. The highest BCUT2D eigenvalue weighted by atomic mass is 16.6. The Kier molecular flexibility index (Phi) is 4.74. The Labute approximate surface area is 143 Å². The number of fused-ring (bicyclic) bond motifs is 1. The molecule has 4 heteroatoms. The molecule has 0 bridgehead atoms. The zero-order valence-electron chi connectivity index (χ0n) is 15.3. The molecule has 24 heavy (non-hydrogen) atoms. The quantitative estimate of drug-likeness (QED) is 0.769.